The second-order valence-electron chi connectivity index (χ2n) is 7.46. The molecule has 0 atom stereocenters. The number of ether oxygens (including phenoxy) is 1. The number of hydrogen-bond acceptors (Lipinski definition) is 6. The molecule has 0 spiro atoms. The monoisotopic (exact) mass is 451 g/mol. The molecule has 1 heterocycles. The van der Waals surface area contributed by atoms with Crippen LogP contribution in [0.15, 0.2) is 59.5 Å². The number of anilines is 1. The van der Waals surface area contributed by atoms with Gasteiger partial charge in [0.15, 0.2) is 5.13 Å². The van der Waals surface area contributed by atoms with Gasteiger partial charge in [-0.25, -0.2) is 4.98 Å². The number of aromatic nitrogens is 1. The molecule has 4 aromatic rings. The first kappa shape index (κ1) is 21.6. The minimum atomic E-state index is -0.103. The molecular weight excluding hydrogens is 426 g/mol. The number of rotatable bonds is 7. The van der Waals surface area contributed by atoms with Crippen LogP contribution in [-0.4, -0.2) is 56.3 Å². The summed E-state index contributed by atoms with van der Waals surface area (Å²) < 4.78 is 6.68. The van der Waals surface area contributed by atoms with Crippen LogP contribution in [-0.2, 0) is 0 Å². The van der Waals surface area contributed by atoms with Crippen LogP contribution in [0.1, 0.15) is 10.4 Å². The number of carbonyl (C=O) groups excluding carboxylic acids is 1. The van der Waals surface area contributed by atoms with E-state index in [2.05, 4.69) is 17.0 Å². The average molecular weight is 452 g/mol. The van der Waals surface area contributed by atoms with Gasteiger partial charge in [-0.1, -0.05) is 41.7 Å². The van der Waals surface area contributed by atoms with E-state index in [1.165, 1.54) is 0 Å². The molecule has 0 saturated carbocycles. The van der Waals surface area contributed by atoms with Crippen LogP contribution in [0.4, 0.5) is 5.13 Å². The Morgan fingerprint density at radius 2 is 1.81 bits per heavy atom. The first-order chi connectivity index (χ1) is 15.0. The standard InChI is InChI=1S/C24H25N3O2S2/c1-26(2)12-13-27(24-25-22-20(30-4)10-7-11-21(22)31-24)23(28)18-14-16-8-5-6-9-17(16)15-19(18)29-3/h5-11,14-15H,12-13H2,1-4H3. The third kappa shape index (κ3) is 4.39. The highest BCUT2D eigenvalue weighted by Gasteiger charge is 2.25. The summed E-state index contributed by atoms with van der Waals surface area (Å²) in [6, 6.07) is 18.0. The van der Waals surface area contributed by atoms with Gasteiger partial charge < -0.3 is 9.64 Å². The van der Waals surface area contributed by atoms with Gasteiger partial charge in [0.1, 0.15) is 5.75 Å². The minimum Gasteiger partial charge on any atom is -0.496 e. The topological polar surface area (TPSA) is 45.7 Å². The Labute approximate surface area is 190 Å². The Bertz CT molecular complexity index is 1240. The molecule has 0 fully saturated rings. The number of fused-ring (bicyclic) bond motifs is 2. The molecule has 5 nitrogen and oxygen atoms in total. The van der Waals surface area contributed by atoms with Gasteiger partial charge in [0.25, 0.3) is 5.91 Å². The molecule has 0 unspecified atom stereocenters. The fraction of sp³-hybridized carbons (Fsp3) is 0.250. The zero-order chi connectivity index (χ0) is 22.0. The Morgan fingerprint density at radius 3 is 2.48 bits per heavy atom. The van der Waals surface area contributed by atoms with Gasteiger partial charge >= 0.3 is 0 Å². The van der Waals surface area contributed by atoms with Crippen molar-refractivity contribution in [2.45, 2.75) is 4.90 Å². The summed E-state index contributed by atoms with van der Waals surface area (Å²) in [4.78, 5) is 23.6. The summed E-state index contributed by atoms with van der Waals surface area (Å²) in [6.45, 7) is 1.27. The summed E-state index contributed by atoms with van der Waals surface area (Å²) >= 11 is 3.21. The third-order valence-electron chi connectivity index (χ3n) is 5.14. The van der Waals surface area contributed by atoms with Gasteiger partial charge in [0, 0.05) is 18.0 Å². The van der Waals surface area contributed by atoms with E-state index in [4.69, 9.17) is 9.72 Å². The third-order valence-corrected chi connectivity index (χ3v) is 6.95. The lowest BCUT2D eigenvalue weighted by atomic mass is 10.0. The van der Waals surface area contributed by atoms with E-state index < -0.39 is 0 Å². The number of likely N-dealkylation sites (N-methyl/N-ethyl adjacent to an activating group) is 1. The van der Waals surface area contributed by atoms with Gasteiger partial charge in [-0.2, -0.15) is 0 Å². The fourth-order valence-corrected chi connectivity index (χ4v) is 5.12. The van der Waals surface area contributed by atoms with Gasteiger partial charge in [0.2, 0.25) is 0 Å². The van der Waals surface area contributed by atoms with Crippen molar-refractivity contribution in [2.75, 3.05) is 45.5 Å². The van der Waals surface area contributed by atoms with Gasteiger partial charge in [0.05, 0.1) is 22.9 Å². The number of thioether (sulfide) groups is 1. The van der Waals surface area contributed by atoms with Crippen LogP contribution in [0.25, 0.3) is 21.0 Å². The van der Waals surface area contributed by atoms with Crippen LogP contribution < -0.4 is 9.64 Å². The predicted molar refractivity (Wildman–Crippen MR) is 132 cm³/mol. The molecule has 0 aliphatic carbocycles. The first-order valence-corrected chi connectivity index (χ1v) is 12.0. The molecule has 0 aliphatic heterocycles. The van der Waals surface area contributed by atoms with Crippen molar-refractivity contribution in [3.63, 3.8) is 0 Å². The summed E-state index contributed by atoms with van der Waals surface area (Å²) in [7, 11) is 5.61. The number of hydrogen-bond donors (Lipinski definition) is 0. The molecule has 7 heteroatoms. The van der Waals surface area contributed by atoms with E-state index in [0.29, 0.717) is 23.0 Å². The highest BCUT2D eigenvalue weighted by molar-refractivity contribution is 7.98. The first-order valence-electron chi connectivity index (χ1n) is 9.98. The lowest BCUT2D eigenvalue weighted by Gasteiger charge is -2.23. The SMILES string of the molecule is COc1cc2ccccc2cc1C(=O)N(CCN(C)C)c1nc2c(SC)cccc2s1. The highest BCUT2D eigenvalue weighted by Crippen LogP contribution is 2.35. The molecule has 0 bridgehead atoms. The Hall–Kier alpha value is -2.61. The molecule has 3 aromatic carbocycles. The number of amides is 1. The summed E-state index contributed by atoms with van der Waals surface area (Å²) in [5.74, 6) is 0.471. The summed E-state index contributed by atoms with van der Waals surface area (Å²) in [6.07, 6.45) is 2.04. The summed E-state index contributed by atoms with van der Waals surface area (Å²) in [5.41, 5.74) is 1.49. The Kier molecular flexibility index (Phi) is 6.46. The number of nitrogens with zero attached hydrogens (tertiary/aromatic N) is 3. The van der Waals surface area contributed by atoms with E-state index in [0.717, 1.165) is 32.4 Å². The average Bonchev–Trinajstić information content (AvgIpc) is 3.21. The number of benzene rings is 3. The fourth-order valence-electron chi connectivity index (χ4n) is 3.48. The second-order valence-corrected chi connectivity index (χ2v) is 9.32. The molecular formula is C24H25N3O2S2. The predicted octanol–water partition coefficient (Wildman–Crippen LogP) is 5.39. The number of carbonyl (C=O) groups is 1. The number of para-hydroxylation sites is 1. The van der Waals surface area contributed by atoms with Gasteiger partial charge in [-0.05, 0) is 55.4 Å². The van der Waals surface area contributed by atoms with Crippen LogP contribution in [0, 0.1) is 0 Å². The molecule has 0 aliphatic rings. The van der Waals surface area contributed by atoms with Crippen molar-refractivity contribution >= 4 is 55.1 Å². The molecule has 31 heavy (non-hydrogen) atoms. The second kappa shape index (κ2) is 9.26. The molecule has 0 N–H and O–H groups in total. The van der Waals surface area contributed by atoms with Crippen molar-refractivity contribution in [1.82, 2.24) is 9.88 Å². The maximum Gasteiger partial charge on any atom is 0.263 e. The van der Waals surface area contributed by atoms with Crippen LogP contribution in [0.2, 0.25) is 0 Å². The minimum absolute atomic E-state index is 0.103. The number of thiazole rings is 1. The van der Waals surface area contributed by atoms with Crippen molar-refractivity contribution in [1.29, 1.82) is 0 Å². The lowest BCUT2D eigenvalue weighted by molar-refractivity contribution is 0.0982. The zero-order valence-electron chi connectivity index (χ0n) is 18.1. The van der Waals surface area contributed by atoms with Crippen molar-refractivity contribution in [2.24, 2.45) is 0 Å². The molecule has 1 aromatic heterocycles. The molecule has 4 rings (SSSR count). The zero-order valence-corrected chi connectivity index (χ0v) is 19.7. The van der Waals surface area contributed by atoms with E-state index in [-0.39, 0.29) is 5.91 Å². The normalized spacial score (nSPS) is 11.4. The molecule has 0 radical (unpaired) electrons. The van der Waals surface area contributed by atoms with Crippen molar-refractivity contribution in [3.8, 4) is 5.75 Å². The van der Waals surface area contributed by atoms with Crippen molar-refractivity contribution in [3.05, 3.63) is 60.2 Å². The van der Waals surface area contributed by atoms with Gasteiger partial charge in [-0.3, -0.25) is 9.69 Å². The largest absolute Gasteiger partial charge is 0.496 e. The van der Waals surface area contributed by atoms with Crippen LogP contribution in [0.5, 0.6) is 5.75 Å². The lowest BCUT2D eigenvalue weighted by Crippen LogP contribution is -2.37. The van der Waals surface area contributed by atoms with E-state index in [1.807, 2.05) is 62.8 Å². The Morgan fingerprint density at radius 1 is 1.06 bits per heavy atom. The van der Waals surface area contributed by atoms with Crippen LogP contribution in [0.3, 0.4) is 0 Å². The van der Waals surface area contributed by atoms with E-state index >= 15 is 0 Å². The van der Waals surface area contributed by atoms with E-state index in [1.54, 1.807) is 35.1 Å². The molecule has 0 saturated heterocycles. The quantitative estimate of drug-likeness (QED) is 0.353. The summed E-state index contributed by atoms with van der Waals surface area (Å²) in [5, 5.41) is 2.76. The van der Waals surface area contributed by atoms with Crippen LogP contribution >= 0.6 is 23.1 Å². The Balaban J connectivity index is 1.81. The molecule has 1 amide bonds. The maximum atomic E-state index is 13.8. The maximum absolute atomic E-state index is 13.8. The highest BCUT2D eigenvalue weighted by atomic mass is 32.2. The van der Waals surface area contributed by atoms with Crippen molar-refractivity contribution < 1.29 is 9.53 Å². The van der Waals surface area contributed by atoms with E-state index in [9.17, 15) is 4.79 Å². The number of methoxy groups -OCH3 is 1. The smallest absolute Gasteiger partial charge is 0.263 e. The molecule has 160 valence electrons. The van der Waals surface area contributed by atoms with Gasteiger partial charge in [-0.15, -0.1) is 11.8 Å².